The summed E-state index contributed by atoms with van der Waals surface area (Å²) in [5, 5.41) is 3.11. The summed E-state index contributed by atoms with van der Waals surface area (Å²) >= 11 is 0. The SMILES string of the molecule is CC1CCC(N=C(N)Nc2ccccc2)C1. The van der Waals surface area contributed by atoms with Gasteiger partial charge in [0.15, 0.2) is 5.96 Å². The number of guanidine groups is 1. The molecule has 1 aromatic rings. The highest BCUT2D eigenvalue weighted by molar-refractivity contribution is 5.92. The van der Waals surface area contributed by atoms with E-state index in [4.69, 9.17) is 5.73 Å². The summed E-state index contributed by atoms with van der Waals surface area (Å²) in [5.41, 5.74) is 6.87. The molecular weight excluding hydrogens is 198 g/mol. The first-order valence-corrected chi connectivity index (χ1v) is 5.89. The van der Waals surface area contributed by atoms with Gasteiger partial charge in [0.1, 0.15) is 0 Å². The fourth-order valence-electron chi connectivity index (χ4n) is 2.19. The third-order valence-corrected chi connectivity index (χ3v) is 3.03. The normalized spacial score (nSPS) is 25.7. The monoisotopic (exact) mass is 217 g/mol. The Hall–Kier alpha value is -1.51. The van der Waals surface area contributed by atoms with Crippen LogP contribution in [-0.2, 0) is 0 Å². The van der Waals surface area contributed by atoms with Gasteiger partial charge >= 0.3 is 0 Å². The Balaban J connectivity index is 1.92. The van der Waals surface area contributed by atoms with Crippen LogP contribution in [0.3, 0.4) is 0 Å². The molecule has 1 saturated carbocycles. The van der Waals surface area contributed by atoms with Crippen LogP contribution < -0.4 is 11.1 Å². The molecule has 3 N–H and O–H groups in total. The zero-order valence-corrected chi connectivity index (χ0v) is 9.69. The Kier molecular flexibility index (Phi) is 3.44. The van der Waals surface area contributed by atoms with Crippen LogP contribution >= 0.6 is 0 Å². The van der Waals surface area contributed by atoms with Crippen molar-refractivity contribution in [3.8, 4) is 0 Å². The summed E-state index contributed by atoms with van der Waals surface area (Å²) < 4.78 is 0. The molecule has 0 heterocycles. The standard InChI is InChI=1S/C13H19N3/c1-10-7-8-12(9-10)16-13(14)15-11-5-3-2-4-6-11/h2-6,10,12H,7-9H2,1H3,(H3,14,15,16). The molecule has 1 aliphatic carbocycles. The molecule has 0 aliphatic heterocycles. The number of hydrogen-bond acceptors (Lipinski definition) is 1. The number of nitrogens with one attached hydrogen (secondary N) is 1. The summed E-state index contributed by atoms with van der Waals surface area (Å²) in [7, 11) is 0. The molecule has 0 radical (unpaired) electrons. The molecule has 0 spiro atoms. The fraction of sp³-hybridized carbons (Fsp3) is 0.462. The minimum absolute atomic E-state index is 0.409. The second kappa shape index (κ2) is 5.01. The van der Waals surface area contributed by atoms with Crippen LogP contribution in [0.2, 0.25) is 0 Å². The summed E-state index contributed by atoms with van der Waals surface area (Å²) in [5.74, 6) is 1.32. The van der Waals surface area contributed by atoms with Crippen LogP contribution in [0.5, 0.6) is 0 Å². The first-order chi connectivity index (χ1) is 7.74. The van der Waals surface area contributed by atoms with Crippen molar-refractivity contribution < 1.29 is 0 Å². The number of rotatable bonds is 2. The zero-order valence-electron chi connectivity index (χ0n) is 9.69. The van der Waals surface area contributed by atoms with Gasteiger partial charge < -0.3 is 11.1 Å². The number of hydrogen-bond donors (Lipinski definition) is 2. The number of aliphatic imine (C=N–C) groups is 1. The van der Waals surface area contributed by atoms with Crippen molar-refractivity contribution in [2.45, 2.75) is 32.2 Å². The van der Waals surface area contributed by atoms with Gasteiger partial charge in [-0.25, -0.2) is 4.99 Å². The Morgan fingerprint density at radius 1 is 1.31 bits per heavy atom. The minimum Gasteiger partial charge on any atom is -0.370 e. The molecule has 0 amide bonds. The summed E-state index contributed by atoms with van der Waals surface area (Å²) in [6, 6.07) is 10.3. The molecular formula is C13H19N3. The number of nitrogens with zero attached hydrogens (tertiary/aromatic N) is 1. The number of para-hydroxylation sites is 1. The molecule has 16 heavy (non-hydrogen) atoms. The van der Waals surface area contributed by atoms with Crippen LogP contribution in [0.25, 0.3) is 0 Å². The molecule has 0 aromatic heterocycles. The van der Waals surface area contributed by atoms with Crippen LogP contribution in [0.4, 0.5) is 5.69 Å². The number of anilines is 1. The smallest absolute Gasteiger partial charge is 0.193 e. The highest BCUT2D eigenvalue weighted by Gasteiger charge is 2.20. The quantitative estimate of drug-likeness (QED) is 0.591. The maximum Gasteiger partial charge on any atom is 0.193 e. The number of benzene rings is 1. The predicted octanol–water partition coefficient (Wildman–Crippen LogP) is 2.60. The average molecular weight is 217 g/mol. The minimum atomic E-state index is 0.409. The molecule has 2 unspecified atom stereocenters. The topological polar surface area (TPSA) is 50.4 Å². The molecule has 0 saturated heterocycles. The Labute approximate surface area is 96.8 Å². The van der Waals surface area contributed by atoms with E-state index in [-0.39, 0.29) is 0 Å². The third kappa shape index (κ3) is 2.99. The van der Waals surface area contributed by atoms with E-state index in [1.807, 2.05) is 30.3 Å². The van der Waals surface area contributed by atoms with Crippen molar-refractivity contribution in [1.82, 2.24) is 0 Å². The molecule has 2 atom stereocenters. The second-order valence-corrected chi connectivity index (χ2v) is 4.58. The summed E-state index contributed by atoms with van der Waals surface area (Å²) in [6.07, 6.45) is 3.60. The van der Waals surface area contributed by atoms with Gasteiger partial charge in [-0.2, -0.15) is 0 Å². The molecule has 0 bridgehead atoms. The predicted molar refractivity (Wildman–Crippen MR) is 68.5 cm³/mol. The highest BCUT2D eigenvalue weighted by atomic mass is 15.1. The lowest BCUT2D eigenvalue weighted by Crippen LogP contribution is -2.24. The Bertz CT molecular complexity index is 359. The molecule has 86 valence electrons. The van der Waals surface area contributed by atoms with Crippen LogP contribution in [0, 0.1) is 5.92 Å². The third-order valence-electron chi connectivity index (χ3n) is 3.03. The lowest BCUT2D eigenvalue weighted by molar-refractivity contribution is 0.594. The average Bonchev–Trinajstić information content (AvgIpc) is 2.65. The van der Waals surface area contributed by atoms with Gasteiger partial charge in [-0.1, -0.05) is 25.1 Å². The second-order valence-electron chi connectivity index (χ2n) is 4.58. The van der Waals surface area contributed by atoms with E-state index in [1.165, 1.54) is 12.8 Å². The Morgan fingerprint density at radius 3 is 2.69 bits per heavy atom. The van der Waals surface area contributed by atoms with E-state index in [2.05, 4.69) is 17.2 Å². The summed E-state index contributed by atoms with van der Waals surface area (Å²) in [4.78, 5) is 4.50. The van der Waals surface area contributed by atoms with Crippen molar-refractivity contribution in [2.24, 2.45) is 16.6 Å². The van der Waals surface area contributed by atoms with Gasteiger partial charge in [0, 0.05) is 5.69 Å². The van der Waals surface area contributed by atoms with Gasteiger partial charge in [0.2, 0.25) is 0 Å². The lowest BCUT2D eigenvalue weighted by Gasteiger charge is -2.08. The molecule has 1 fully saturated rings. The molecule has 3 nitrogen and oxygen atoms in total. The van der Waals surface area contributed by atoms with Gasteiger partial charge in [-0.3, -0.25) is 0 Å². The van der Waals surface area contributed by atoms with Gasteiger partial charge in [0.05, 0.1) is 6.04 Å². The van der Waals surface area contributed by atoms with Crippen molar-refractivity contribution in [3.63, 3.8) is 0 Å². The zero-order chi connectivity index (χ0) is 11.4. The maximum atomic E-state index is 5.87. The first kappa shape index (κ1) is 11.0. The van der Waals surface area contributed by atoms with Gasteiger partial charge in [-0.05, 0) is 37.3 Å². The van der Waals surface area contributed by atoms with E-state index >= 15 is 0 Å². The first-order valence-electron chi connectivity index (χ1n) is 5.89. The van der Waals surface area contributed by atoms with Crippen molar-refractivity contribution in [2.75, 3.05) is 5.32 Å². The lowest BCUT2D eigenvalue weighted by atomic mass is 10.1. The van der Waals surface area contributed by atoms with E-state index < -0.39 is 0 Å². The molecule has 1 aliphatic rings. The van der Waals surface area contributed by atoms with Crippen LogP contribution in [-0.4, -0.2) is 12.0 Å². The van der Waals surface area contributed by atoms with Crippen molar-refractivity contribution >= 4 is 11.6 Å². The van der Waals surface area contributed by atoms with Gasteiger partial charge in [-0.15, -0.1) is 0 Å². The van der Waals surface area contributed by atoms with Crippen molar-refractivity contribution in [3.05, 3.63) is 30.3 Å². The van der Waals surface area contributed by atoms with Crippen molar-refractivity contribution in [1.29, 1.82) is 0 Å². The van der Waals surface area contributed by atoms with E-state index in [0.29, 0.717) is 12.0 Å². The van der Waals surface area contributed by atoms with E-state index in [1.54, 1.807) is 0 Å². The van der Waals surface area contributed by atoms with Crippen LogP contribution in [0.1, 0.15) is 26.2 Å². The van der Waals surface area contributed by atoms with Gasteiger partial charge in [0.25, 0.3) is 0 Å². The highest BCUT2D eigenvalue weighted by Crippen LogP contribution is 2.26. The summed E-state index contributed by atoms with van der Waals surface area (Å²) in [6.45, 7) is 2.27. The molecule has 1 aromatic carbocycles. The fourth-order valence-corrected chi connectivity index (χ4v) is 2.19. The van der Waals surface area contributed by atoms with E-state index in [0.717, 1.165) is 18.0 Å². The van der Waals surface area contributed by atoms with Crippen LogP contribution in [0.15, 0.2) is 35.3 Å². The number of nitrogens with two attached hydrogens (primary N) is 1. The maximum absolute atomic E-state index is 5.87. The van der Waals surface area contributed by atoms with E-state index in [9.17, 15) is 0 Å². The molecule has 2 rings (SSSR count). The molecule has 3 heteroatoms. The largest absolute Gasteiger partial charge is 0.370 e. The Morgan fingerprint density at radius 2 is 2.06 bits per heavy atom.